The molecular formula is C13H21N3. The van der Waals surface area contributed by atoms with Gasteiger partial charge in [-0.15, -0.1) is 0 Å². The molecule has 0 amide bonds. The van der Waals surface area contributed by atoms with E-state index in [1.807, 2.05) is 0 Å². The second-order valence-corrected chi connectivity index (χ2v) is 6.25. The van der Waals surface area contributed by atoms with Crippen LogP contribution in [0, 0.1) is 5.92 Å². The Labute approximate surface area is 97.2 Å². The van der Waals surface area contributed by atoms with Crippen LogP contribution in [0.15, 0.2) is 6.20 Å². The molecule has 1 fully saturated rings. The Morgan fingerprint density at radius 2 is 2.19 bits per heavy atom. The van der Waals surface area contributed by atoms with Gasteiger partial charge in [0.25, 0.3) is 0 Å². The minimum atomic E-state index is 0.0754. The van der Waals surface area contributed by atoms with Gasteiger partial charge in [-0.05, 0) is 46.0 Å². The standard InChI is InChI=1S/C13H21N3/c1-13(2,3)16-12-10(8-14-16)7-9-5-4-6-11(9)15-12/h8-9,11,15H,4-7H2,1-3H3/t9-,11-/m1/s1. The zero-order valence-corrected chi connectivity index (χ0v) is 10.5. The summed E-state index contributed by atoms with van der Waals surface area (Å²) in [6, 6.07) is 0.699. The molecule has 1 aromatic heterocycles. The fourth-order valence-corrected chi connectivity index (χ4v) is 3.12. The van der Waals surface area contributed by atoms with Crippen LogP contribution in [0.4, 0.5) is 5.82 Å². The van der Waals surface area contributed by atoms with E-state index in [-0.39, 0.29) is 5.54 Å². The Hall–Kier alpha value is -0.990. The highest BCUT2D eigenvalue weighted by atomic mass is 15.4. The smallest absolute Gasteiger partial charge is 0.128 e. The summed E-state index contributed by atoms with van der Waals surface area (Å²) in [6.07, 6.45) is 7.39. The third kappa shape index (κ3) is 1.45. The molecule has 1 aliphatic heterocycles. The van der Waals surface area contributed by atoms with Crippen molar-refractivity contribution in [1.82, 2.24) is 9.78 Å². The van der Waals surface area contributed by atoms with Crippen LogP contribution in [-0.2, 0) is 12.0 Å². The number of hydrogen-bond donors (Lipinski definition) is 1. The predicted molar refractivity (Wildman–Crippen MR) is 65.7 cm³/mol. The molecule has 3 heteroatoms. The zero-order chi connectivity index (χ0) is 11.3. The Kier molecular flexibility index (Phi) is 2.07. The Balaban J connectivity index is 1.98. The molecule has 0 aromatic carbocycles. The number of anilines is 1. The van der Waals surface area contributed by atoms with Gasteiger partial charge >= 0.3 is 0 Å². The molecule has 2 heterocycles. The van der Waals surface area contributed by atoms with Gasteiger partial charge < -0.3 is 5.32 Å². The van der Waals surface area contributed by atoms with Crippen molar-refractivity contribution in [3.63, 3.8) is 0 Å². The lowest BCUT2D eigenvalue weighted by atomic mass is 9.92. The maximum absolute atomic E-state index is 4.55. The lowest BCUT2D eigenvalue weighted by Gasteiger charge is -2.31. The van der Waals surface area contributed by atoms with Crippen LogP contribution >= 0.6 is 0 Å². The average Bonchev–Trinajstić information content (AvgIpc) is 2.76. The van der Waals surface area contributed by atoms with Crippen molar-refractivity contribution < 1.29 is 0 Å². The molecule has 1 saturated carbocycles. The SMILES string of the molecule is CC(C)(C)n1ncc2c1N[C@@H]1CCC[C@@H]1C2. The van der Waals surface area contributed by atoms with E-state index in [9.17, 15) is 0 Å². The van der Waals surface area contributed by atoms with Gasteiger partial charge in [0.15, 0.2) is 0 Å². The first-order chi connectivity index (χ1) is 7.55. The highest BCUT2D eigenvalue weighted by Gasteiger charge is 2.35. The second-order valence-electron chi connectivity index (χ2n) is 6.25. The van der Waals surface area contributed by atoms with Crippen molar-refractivity contribution in [3.8, 4) is 0 Å². The zero-order valence-electron chi connectivity index (χ0n) is 10.5. The summed E-state index contributed by atoms with van der Waals surface area (Å²) in [5.74, 6) is 2.13. The molecule has 0 spiro atoms. The van der Waals surface area contributed by atoms with Crippen molar-refractivity contribution in [2.24, 2.45) is 5.92 Å². The molecular weight excluding hydrogens is 198 g/mol. The first kappa shape index (κ1) is 10.2. The summed E-state index contributed by atoms with van der Waals surface area (Å²) in [5, 5.41) is 8.27. The van der Waals surface area contributed by atoms with E-state index in [0.717, 1.165) is 5.92 Å². The molecule has 0 unspecified atom stereocenters. The van der Waals surface area contributed by atoms with E-state index in [4.69, 9.17) is 0 Å². The monoisotopic (exact) mass is 219 g/mol. The van der Waals surface area contributed by atoms with Gasteiger partial charge in [0.2, 0.25) is 0 Å². The van der Waals surface area contributed by atoms with Gasteiger partial charge in [-0.25, -0.2) is 4.68 Å². The molecule has 88 valence electrons. The van der Waals surface area contributed by atoms with Crippen molar-refractivity contribution in [2.45, 2.75) is 58.0 Å². The minimum absolute atomic E-state index is 0.0754. The average molecular weight is 219 g/mol. The minimum Gasteiger partial charge on any atom is -0.367 e. The molecule has 0 bridgehead atoms. The molecule has 16 heavy (non-hydrogen) atoms. The van der Waals surface area contributed by atoms with Crippen LogP contribution in [0.3, 0.4) is 0 Å². The molecule has 2 aliphatic rings. The first-order valence-corrected chi connectivity index (χ1v) is 6.39. The second kappa shape index (κ2) is 3.25. The van der Waals surface area contributed by atoms with E-state index >= 15 is 0 Å². The summed E-state index contributed by atoms with van der Waals surface area (Å²) in [6.45, 7) is 6.63. The lowest BCUT2D eigenvalue weighted by molar-refractivity contribution is 0.355. The van der Waals surface area contributed by atoms with Crippen LogP contribution in [0.5, 0.6) is 0 Å². The van der Waals surface area contributed by atoms with Crippen molar-refractivity contribution in [3.05, 3.63) is 11.8 Å². The maximum atomic E-state index is 4.55. The Bertz CT molecular complexity index is 400. The highest BCUT2D eigenvalue weighted by molar-refractivity contribution is 5.49. The number of rotatable bonds is 0. The van der Waals surface area contributed by atoms with Gasteiger partial charge in [-0.1, -0.05) is 6.42 Å². The summed E-state index contributed by atoms with van der Waals surface area (Å²) in [5.41, 5.74) is 1.49. The molecule has 2 atom stereocenters. The van der Waals surface area contributed by atoms with Gasteiger partial charge in [0.1, 0.15) is 5.82 Å². The molecule has 0 saturated heterocycles. The Morgan fingerprint density at radius 3 is 2.94 bits per heavy atom. The first-order valence-electron chi connectivity index (χ1n) is 6.39. The number of nitrogens with zero attached hydrogens (tertiary/aromatic N) is 2. The Morgan fingerprint density at radius 1 is 1.38 bits per heavy atom. The topological polar surface area (TPSA) is 29.9 Å². The number of hydrogen-bond acceptors (Lipinski definition) is 2. The van der Waals surface area contributed by atoms with Crippen LogP contribution < -0.4 is 5.32 Å². The summed E-state index contributed by atoms with van der Waals surface area (Å²) in [4.78, 5) is 0. The largest absolute Gasteiger partial charge is 0.367 e. The normalized spacial score (nSPS) is 28.4. The fourth-order valence-electron chi connectivity index (χ4n) is 3.12. The van der Waals surface area contributed by atoms with Crippen LogP contribution in [0.2, 0.25) is 0 Å². The van der Waals surface area contributed by atoms with Gasteiger partial charge in [-0.2, -0.15) is 5.10 Å². The van der Waals surface area contributed by atoms with Gasteiger partial charge in [0, 0.05) is 11.6 Å². The maximum Gasteiger partial charge on any atom is 0.128 e. The van der Waals surface area contributed by atoms with Crippen molar-refractivity contribution in [2.75, 3.05) is 5.32 Å². The highest BCUT2D eigenvalue weighted by Crippen LogP contribution is 2.38. The van der Waals surface area contributed by atoms with E-state index < -0.39 is 0 Å². The van der Waals surface area contributed by atoms with E-state index in [0.29, 0.717) is 6.04 Å². The molecule has 1 aromatic rings. The van der Waals surface area contributed by atoms with Crippen LogP contribution in [0.1, 0.15) is 45.6 Å². The molecule has 1 aliphatic carbocycles. The fraction of sp³-hybridized carbons (Fsp3) is 0.769. The van der Waals surface area contributed by atoms with E-state index in [1.54, 1.807) is 0 Å². The summed E-state index contributed by atoms with van der Waals surface area (Å²) in [7, 11) is 0. The third-order valence-electron chi connectivity index (χ3n) is 3.94. The van der Waals surface area contributed by atoms with Gasteiger partial charge in [0.05, 0.1) is 11.7 Å². The number of aromatic nitrogens is 2. The molecule has 3 rings (SSSR count). The summed E-state index contributed by atoms with van der Waals surface area (Å²) >= 11 is 0. The lowest BCUT2D eigenvalue weighted by Crippen LogP contribution is -2.34. The number of fused-ring (bicyclic) bond motifs is 2. The van der Waals surface area contributed by atoms with Crippen molar-refractivity contribution in [1.29, 1.82) is 0 Å². The molecule has 0 radical (unpaired) electrons. The van der Waals surface area contributed by atoms with E-state index in [2.05, 4.69) is 42.1 Å². The van der Waals surface area contributed by atoms with Crippen molar-refractivity contribution >= 4 is 5.82 Å². The third-order valence-corrected chi connectivity index (χ3v) is 3.94. The van der Waals surface area contributed by atoms with Crippen LogP contribution in [0.25, 0.3) is 0 Å². The summed E-state index contributed by atoms with van der Waals surface area (Å²) < 4.78 is 2.15. The van der Waals surface area contributed by atoms with Crippen LogP contribution in [-0.4, -0.2) is 15.8 Å². The van der Waals surface area contributed by atoms with Gasteiger partial charge in [-0.3, -0.25) is 0 Å². The predicted octanol–water partition coefficient (Wildman–Crippen LogP) is 2.77. The quantitative estimate of drug-likeness (QED) is 0.727. The molecule has 3 nitrogen and oxygen atoms in total. The van der Waals surface area contributed by atoms with E-state index in [1.165, 1.54) is 37.1 Å². The molecule has 1 N–H and O–H groups in total. The number of nitrogens with one attached hydrogen (secondary N) is 1.